The van der Waals surface area contributed by atoms with Crippen molar-refractivity contribution in [1.82, 2.24) is 15.1 Å². The third kappa shape index (κ3) is 4.63. The van der Waals surface area contributed by atoms with Gasteiger partial charge in [0.25, 0.3) is 0 Å². The molecule has 4 rings (SSSR count). The monoisotopic (exact) mass is 421 g/mol. The summed E-state index contributed by atoms with van der Waals surface area (Å²) in [6.07, 6.45) is 2.06. The van der Waals surface area contributed by atoms with Gasteiger partial charge in [-0.3, -0.25) is 4.90 Å². The molecule has 0 aromatic heterocycles. The molecule has 31 heavy (non-hydrogen) atoms. The Labute approximate surface area is 186 Å². The molecule has 2 aliphatic heterocycles. The van der Waals surface area contributed by atoms with Gasteiger partial charge in [0.05, 0.1) is 6.61 Å². The van der Waals surface area contributed by atoms with Gasteiger partial charge in [0.1, 0.15) is 0 Å². The number of hydrogen-bond donors (Lipinski definition) is 2. The maximum Gasteiger partial charge on any atom is 0.317 e. The molecule has 0 bridgehead atoms. The lowest BCUT2D eigenvalue weighted by Gasteiger charge is -2.57. The Balaban J connectivity index is 1.55. The summed E-state index contributed by atoms with van der Waals surface area (Å²) >= 11 is 0. The smallest absolute Gasteiger partial charge is 0.317 e. The molecule has 2 amide bonds. The molecule has 2 N–H and O–H groups in total. The maximum absolute atomic E-state index is 12.7. The lowest BCUT2D eigenvalue weighted by atomic mass is 9.74. The number of carbonyl (C=O) groups is 1. The molecule has 0 spiro atoms. The molecule has 2 saturated heterocycles. The molecule has 166 valence electrons. The van der Waals surface area contributed by atoms with Crippen LogP contribution in [0.5, 0.6) is 0 Å². The fourth-order valence-corrected chi connectivity index (χ4v) is 5.19. The second-order valence-electron chi connectivity index (χ2n) is 9.33. The van der Waals surface area contributed by atoms with E-state index in [1.165, 1.54) is 22.3 Å². The first-order valence-corrected chi connectivity index (χ1v) is 11.6. The topological polar surface area (TPSA) is 55.8 Å². The summed E-state index contributed by atoms with van der Waals surface area (Å²) < 4.78 is 0. The Morgan fingerprint density at radius 1 is 1.10 bits per heavy atom. The quantitative estimate of drug-likeness (QED) is 0.784. The fraction of sp³-hybridized carbons (Fsp3) is 0.500. The average molecular weight is 422 g/mol. The predicted octanol–water partition coefficient (Wildman–Crippen LogP) is 4.00. The van der Waals surface area contributed by atoms with Crippen LogP contribution in [-0.2, 0) is 0 Å². The molecular formula is C26H35N3O2. The number of rotatable bonds is 4. The highest BCUT2D eigenvalue weighted by atomic mass is 16.3. The number of aryl methyl sites for hydroxylation is 1. The zero-order valence-electron chi connectivity index (χ0n) is 18.9. The van der Waals surface area contributed by atoms with E-state index in [2.05, 4.69) is 65.7 Å². The van der Waals surface area contributed by atoms with Crippen LogP contribution in [0.25, 0.3) is 11.1 Å². The number of fused-ring (bicyclic) bond motifs is 1. The zero-order chi connectivity index (χ0) is 22.0. The number of aliphatic hydroxyl groups is 1. The van der Waals surface area contributed by atoms with E-state index in [1.54, 1.807) is 0 Å². The van der Waals surface area contributed by atoms with Gasteiger partial charge in [-0.2, -0.15) is 0 Å². The van der Waals surface area contributed by atoms with E-state index < -0.39 is 0 Å². The lowest BCUT2D eigenvalue weighted by Crippen LogP contribution is -2.68. The standard InChI is InChI=1S/C26H35N3O2/c1-18(2)27-26(31)28-13-4-5-14-29-23(16-28)25(24(29)17-30)21-11-9-20(10-12-21)22-8-6-7-19(3)15-22/h6-12,15,18,23-25,30H,4-5,13-14,16-17H2,1-3H3,(H,27,31)/t23-,24+,25+/m0/s1. The van der Waals surface area contributed by atoms with Gasteiger partial charge < -0.3 is 15.3 Å². The third-order valence-electron chi connectivity index (χ3n) is 6.72. The van der Waals surface area contributed by atoms with E-state index in [0.29, 0.717) is 6.54 Å². The molecule has 0 aliphatic carbocycles. The van der Waals surface area contributed by atoms with Gasteiger partial charge in [-0.05, 0) is 56.8 Å². The van der Waals surface area contributed by atoms with Crippen molar-refractivity contribution in [3.05, 3.63) is 59.7 Å². The summed E-state index contributed by atoms with van der Waals surface area (Å²) in [5.41, 5.74) is 4.94. The largest absolute Gasteiger partial charge is 0.395 e. The molecule has 5 nitrogen and oxygen atoms in total. The van der Waals surface area contributed by atoms with E-state index in [9.17, 15) is 9.90 Å². The summed E-state index contributed by atoms with van der Waals surface area (Å²) in [6, 6.07) is 17.9. The summed E-state index contributed by atoms with van der Waals surface area (Å²) in [6.45, 7) is 8.76. The minimum Gasteiger partial charge on any atom is -0.395 e. The van der Waals surface area contributed by atoms with Crippen LogP contribution in [-0.4, -0.2) is 65.3 Å². The van der Waals surface area contributed by atoms with Crippen LogP contribution in [0.4, 0.5) is 4.79 Å². The molecule has 5 heteroatoms. The van der Waals surface area contributed by atoms with Crippen molar-refractivity contribution in [2.75, 3.05) is 26.2 Å². The predicted molar refractivity (Wildman–Crippen MR) is 125 cm³/mol. The first-order chi connectivity index (χ1) is 15.0. The number of hydrogen-bond acceptors (Lipinski definition) is 3. The second-order valence-corrected chi connectivity index (χ2v) is 9.33. The first-order valence-electron chi connectivity index (χ1n) is 11.6. The number of aliphatic hydroxyl groups excluding tert-OH is 1. The Bertz CT molecular complexity index is 896. The van der Waals surface area contributed by atoms with Gasteiger partial charge in [0.2, 0.25) is 0 Å². The molecule has 3 atom stereocenters. The van der Waals surface area contributed by atoms with Crippen molar-refractivity contribution in [3.63, 3.8) is 0 Å². The van der Waals surface area contributed by atoms with Crippen LogP contribution in [0.3, 0.4) is 0 Å². The van der Waals surface area contributed by atoms with E-state index >= 15 is 0 Å². The maximum atomic E-state index is 12.7. The van der Waals surface area contributed by atoms with Crippen molar-refractivity contribution in [2.24, 2.45) is 0 Å². The van der Waals surface area contributed by atoms with E-state index in [-0.39, 0.29) is 36.7 Å². The fourth-order valence-electron chi connectivity index (χ4n) is 5.19. The summed E-state index contributed by atoms with van der Waals surface area (Å²) in [4.78, 5) is 17.1. The van der Waals surface area contributed by atoms with Gasteiger partial charge in [-0.15, -0.1) is 0 Å². The number of nitrogens with zero attached hydrogens (tertiary/aromatic N) is 2. The molecular weight excluding hydrogens is 386 g/mol. The summed E-state index contributed by atoms with van der Waals surface area (Å²) in [7, 11) is 0. The Kier molecular flexibility index (Phi) is 6.63. The highest BCUT2D eigenvalue weighted by Gasteiger charge is 2.49. The van der Waals surface area contributed by atoms with Crippen LogP contribution in [0, 0.1) is 6.92 Å². The van der Waals surface area contributed by atoms with Crippen LogP contribution >= 0.6 is 0 Å². The van der Waals surface area contributed by atoms with E-state index in [0.717, 1.165) is 25.9 Å². The second kappa shape index (κ2) is 9.41. The number of amides is 2. The van der Waals surface area contributed by atoms with Crippen LogP contribution < -0.4 is 5.32 Å². The molecule has 2 aliphatic rings. The molecule has 0 unspecified atom stereocenters. The van der Waals surface area contributed by atoms with Crippen molar-refractivity contribution < 1.29 is 9.90 Å². The van der Waals surface area contributed by atoms with Crippen LogP contribution in [0.15, 0.2) is 48.5 Å². The SMILES string of the molecule is Cc1cccc(-c2ccc([C@H]3[C@@H](CO)N4CCCCN(C(=O)NC(C)C)C[C@@H]34)cc2)c1. The van der Waals surface area contributed by atoms with Gasteiger partial charge in [-0.1, -0.05) is 54.1 Å². The molecule has 2 aromatic carbocycles. The minimum absolute atomic E-state index is 0.0258. The molecule has 2 heterocycles. The summed E-state index contributed by atoms with van der Waals surface area (Å²) in [5.74, 6) is 0.240. The highest BCUT2D eigenvalue weighted by Crippen LogP contribution is 2.42. The molecule has 0 saturated carbocycles. The minimum atomic E-state index is 0.0258. The van der Waals surface area contributed by atoms with E-state index in [4.69, 9.17) is 0 Å². The Hall–Kier alpha value is -2.37. The summed E-state index contributed by atoms with van der Waals surface area (Å²) in [5, 5.41) is 13.2. The highest BCUT2D eigenvalue weighted by molar-refractivity contribution is 5.74. The number of benzene rings is 2. The van der Waals surface area contributed by atoms with Gasteiger partial charge in [0, 0.05) is 37.1 Å². The molecule has 2 fully saturated rings. The number of nitrogens with one attached hydrogen (secondary N) is 1. The van der Waals surface area contributed by atoms with Crippen LogP contribution in [0.2, 0.25) is 0 Å². The van der Waals surface area contributed by atoms with Gasteiger partial charge in [-0.25, -0.2) is 4.79 Å². The van der Waals surface area contributed by atoms with Gasteiger partial charge in [0.15, 0.2) is 0 Å². The first kappa shape index (κ1) is 21.8. The van der Waals surface area contributed by atoms with Crippen molar-refractivity contribution >= 4 is 6.03 Å². The van der Waals surface area contributed by atoms with Crippen molar-refractivity contribution in [1.29, 1.82) is 0 Å². The number of urea groups is 1. The molecule has 2 aromatic rings. The molecule has 0 radical (unpaired) electrons. The average Bonchev–Trinajstić information content (AvgIpc) is 2.72. The van der Waals surface area contributed by atoms with Gasteiger partial charge >= 0.3 is 6.03 Å². The Morgan fingerprint density at radius 3 is 2.52 bits per heavy atom. The third-order valence-corrected chi connectivity index (χ3v) is 6.72. The van der Waals surface area contributed by atoms with E-state index in [1.807, 2.05) is 18.7 Å². The van der Waals surface area contributed by atoms with Crippen LogP contribution in [0.1, 0.15) is 43.7 Å². The zero-order valence-corrected chi connectivity index (χ0v) is 18.9. The van der Waals surface area contributed by atoms with Crippen molar-refractivity contribution in [3.8, 4) is 11.1 Å². The normalized spacial score (nSPS) is 24.2. The number of carbonyl (C=O) groups excluding carboxylic acids is 1. The Morgan fingerprint density at radius 2 is 1.84 bits per heavy atom. The van der Waals surface area contributed by atoms with Crippen molar-refractivity contribution in [2.45, 2.75) is 57.7 Å². The lowest BCUT2D eigenvalue weighted by molar-refractivity contribution is -0.0591.